The van der Waals surface area contributed by atoms with Gasteiger partial charge >= 0.3 is 0 Å². The number of aromatic nitrogens is 3. The van der Waals surface area contributed by atoms with Gasteiger partial charge in [-0.15, -0.1) is 5.10 Å². The maximum Gasteiger partial charge on any atom is 0.111 e. The highest BCUT2D eigenvalue weighted by Crippen LogP contribution is 2.17. The van der Waals surface area contributed by atoms with Gasteiger partial charge in [-0.3, -0.25) is 0 Å². The molecule has 0 radical (unpaired) electrons. The van der Waals surface area contributed by atoms with Crippen LogP contribution in [0.5, 0.6) is 0 Å². The highest BCUT2D eigenvalue weighted by molar-refractivity contribution is 5.34. The van der Waals surface area contributed by atoms with Crippen LogP contribution in [0.1, 0.15) is 44.1 Å². The third kappa shape index (κ3) is 2.53. The van der Waals surface area contributed by atoms with Crippen LogP contribution in [0.2, 0.25) is 0 Å². The van der Waals surface area contributed by atoms with Gasteiger partial charge in [0.2, 0.25) is 0 Å². The Morgan fingerprint density at radius 3 is 2.24 bits per heavy atom. The van der Waals surface area contributed by atoms with Crippen molar-refractivity contribution in [2.24, 2.45) is 0 Å². The van der Waals surface area contributed by atoms with Crippen molar-refractivity contribution in [3.63, 3.8) is 0 Å². The molecule has 0 fully saturated rings. The predicted molar refractivity (Wildman–Crippen MR) is 66.1 cm³/mol. The molecular weight excluding hydrogens is 214 g/mol. The van der Waals surface area contributed by atoms with E-state index < -0.39 is 6.10 Å². The third-order valence-electron chi connectivity index (χ3n) is 2.76. The van der Waals surface area contributed by atoms with Gasteiger partial charge < -0.3 is 5.11 Å². The molecule has 0 saturated heterocycles. The number of aliphatic hydroxyl groups is 1. The summed E-state index contributed by atoms with van der Waals surface area (Å²) in [5.41, 5.74) is 2.83. The molecule has 0 amide bonds. The van der Waals surface area contributed by atoms with Gasteiger partial charge in [-0.1, -0.05) is 31.2 Å². The summed E-state index contributed by atoms with van der Waals surface area (Å²) in [6.07, 6.45) is 1.16. The van der Waals surface area contributed by atoms with E-state index in [1.54, 1.807) is 17.8 Å². The van der Waals surface area contributed by atoms with Gasteiger partial charge in [0, 0.05) is 0 Å². The molecule has 1 atom stereocenters. The van der Waals surface area contributed by atoms with Gasteiger partial charge in [-0.05, 0) is 30.5 Å². The lowest BCUT2D eigenvalue weighted by Crippen LogP contribution is -1.95. The SMILES string of the molecule is CC(C)c1ccc(-n2cc(C(C)O)nn2)cc1. The Balaban J connectivity index is 2.27. The van der Waals surface area contributed by atoms with Crippen molar-refractivity contribution in [2.45, 2.75) is 32.8 Å². The maximum atomic E-state index is 9.39. The van der Waals surface area contributed by atoms with E-state index in [4.69, 9.17) is 0 Å². The molecule has 2 rings (SSSR count). The molecule has 1 N–H and O–H groups in total. The Bertz CT molecular complexity index is 486. The quantitative estimate of drug-likeness (QED) is 0.882. The zero-order valence-electron chi connectivity index (χ0n) is 10.3. The van der Waals surface area contributed by atoms with Crippen LogP contribution in [-0.4, -0.2) is 20.1 Å². The topological polar surface area (TPSA) is 50.9 Å². The highest BCUT2D eigenvalue weighted by atomic mass is 16.3. The summed E-state index contributed by atoms with van der Waals surface area (Å²) < 4.78 is 1.67. The fourth-order valence-electron chi connectivity index (χ4n) is 1.61. The van der Waals surface area contributed by atoms with Crippen molar-refractivity contribution in [2.75, 3.05) is 0 Å². The molecule has 0 saturated carbocycles. The maximum absolute atomic E-state index is 9.39. The van der Waals surface area contributed by atoms with Crippen LogP contribution >= 0.6 is 0 Å². The van der Waals surface area contributed by atoms with Crippen LogP contribution < -0.4 is 0 Å². The fourth-order valence-corrected chi connectivity index (χ4v) is 1.61. The first kappa shape index (κ1) is 11.8. The van der Waals surface area contributed by atoms with Gasteiger partial charge in [0.25, 0.3) is 0 Å². The monoisotopic (exact) mass is 231 g/mol. The van der Waals surface area contributed by atoms with Gasteiger partial charge in [0.1, 0.15) is 5.69 Å². The molecule has 4 heteroatoms. The summed E-state index contributed by atoms with van der Waals surface area (Å²) in [5.74, 6) is 0.521. The molecule has 1 aromatic heterocycles. The molecule has 90 valence electrons. The molecule has 17 heavy (non-hydrogen) atoms. The fraction of sp³-hybridized carbons (Fsp3) is 0.385. The Morgan fingerprint density at radius 1 is 1.12 bits per heavy atom. The lowest BCUT2D eigenvalue weighted by Gasteiger charge is -2.06. The van der Waals surface area contributed by atoms with E-state index in [1.165, 1.54) is 5.56 Å². The minimum Gasteiger partial charge on any atom is -0.387 e. The first-order valence-electron chi connectivity index (χ1n) is 5.78. The summed E-state index contributed by atoms with van der Waals surface area (Å²) in [6.45, 7) is 6.00. The molecule has 0 aliphatic heterocycles. The lowest BCUT2D eigenvalue weighted by atomic mass is 10.0. The van der Waals surface area contributed by atoms with Gasteiger partial charge in [0.05, 0.1) is 18.0 Å². The average Bonchev–Trinajstić information content (AvgIpc) is 2.78. The van der Waals surface area contributed by atoms with Crippen molar-refractivity contribution in [3.05, 3.63) is 41.7 Å². The molecule has 0 bridgehead atoms. The summed E-state index contributed by atoms with van der Waals surface area (Å²) in [5, 5.41) is 17.3. The summed E-state index contributed by atoms with van der Waals surface area (Å²) in [7, 11) is 0. The minimum absolute atomic E-state index is 0.521. The number of rotatable bonds is 3. The Kier molecular flexibility index (Phi) is 3.24. The predicted octanol–water partition coefficient (Wildman–Crippen LogP) is 2.44. The normalized spacial score (nSPS) is 13.0. The van der Waals surface area contributed by atoms with Gasteiger partial charge in [-0.25, -0.2) is 4.68 Å². The Hall–Kier alpha value is -1.68. The van der Waals surface area contributed by atoms with E-state index in [2.05, 4.69) is 36.3 Å². The molecule has 2 aromatic rings. The number of aliphatic hydroxyl groups excluding tert-OH is 1. The molecule has 1 aromatic carbocycles. The zero-order chi connectivity index (χ0) is 12.4. The first-order valence-corrected chi connectivity index (χ1v) is 5.78. The molecule has 4 nitrogen and oxygen atoms in total. The van der Waals surface area contributed by atoms with Crippen LogP contribution in [-0.2, 0) is 0 Å². The largest absolute Gasteiger partial charge is 0.387 e. The molecular formula is C13H17N3O. The summed E-state index contributed by atoms with van der Waals surface area (Å²) in [4.78, 5) is 0. The van der Waals surface area contributed by atoms with E-state index in [0.29, 0.717) is 11.6 Å². The Labute approximate surface area is 101 Å². The van der Waals surface area contributed by atoms with Crippen LogP contribution in [0.3, 0.4) is 0 Å². The van der Waals surface area contributed by atoms with E-state index in [1.807, 2.05) is 12.1 Å². The van der Waals surface area contributed by atoms with E-state index in [9.17, 15) is 5.11 Å². The van der Waals surface area contributed by atoms with Crippen LogP contribution in [0.25, 0.3) is 5.69 Å². The standard InChI is InChI=1S/C13H17N3O/c1-9(2)11-4-6-12(7-5-11)16-8-13(10(3)17)14-15-16/h4-10,17H,1-3H3. The zero-order valence-corrected chi connectivity index (χ0v) is 10.3. The van der Waals surface area contributed by atoms with Crippen LogP contribution in [0.15, 0.2) is 30.5 Å². The number of hydrogen-bond acceptors (Lipinski definition) is 3. The van der Waals surface area contributed by atoms with Crippen molar-refractivity contribution in [1.82, 2.24) is 15.0 Å². The van der Waals surface area contributed by atoms with Crippen LogP contribution in [0, 0.1) is 0 Å². The summed E-state index contributed by atoms with van der Waals surface area (Å²) >= 11 is 0. The first-order chi connectivity index (χ1) is 8.08. The highest BCUT2D eigenvalue weighted by Gasteiger charge is 2.07. The molecule has 1 heterocycles. The van der Waals surface area contributed by atoms with E-state index >= 15 is 0 Å². The summed E-state index contributed by atoms with van der Waals surface area (Å²) in [6, 6.07) is 8.19. The van der Waals surface area contributed by atoms with Crippen molar-refractivity contribution in [3.8, 4) is 5.69 Å². The molecule has 0 aliphatic carbocycles. The molecule has 1 unspecified atom stereocenters. The van der Waals surface area contributed by atoms with Crippen molar-refractivity contribution in [1.29, 1.82) is 0 Å². The third-order valence-corrected chi connectivity index (χ3v) is 2.76. The second kappa shape index (κ2) is 4.67. The molecule has 0 spiro atoms. The van der Waals surface area contributed by atoms with Crippen molar-refractivity contribution < 1.29 is 5.11 Å². The average molecular weight is 231 g/mol. The second-order valence-corrected chi connectivity index (χ2v) is 4.51. The molecule has 0 aliphatic rings. The number of benzene rings is 1. The smallest absolute Gasteiger partial charge is 0.111 e. The Morgan fingerprint density at radius 2 is 1.76 bits per heavy atom. The van der Waals surface area contributed by atoms with Gasteiger partial charge in [0.15, 0.2) is 0 Å². The number of hydrogen-bond donors (Lipinski definition) is 1. The van der Waals surface area contributed by atoms with Gasteiger partial charge in [-0.2, -0.15) is 0 Å². The van der Waals surface area contributed by atoms with E-state index in [0.717, 1.165) is 5.69 Å². The lowest BCUT2D eigenvalue weighted by molar-refractivity contribution is 0.194. The minimum atomic E-state index is -0.585. The second-order valence-electron chi connectivity index (χ2n) is 4.51. The number of nitrogens with zero attached hydrogens (tertiary/aromatic N) is 3. The van der Waals surface area contributed by atoms with E-state index in [-0.39, 0.29) is 0 Å². The van der Waals surface area contributed by atoms with Crippen LogP contribution in [0.4, 0.5) is 0 Å². The van der Waals surface area contributed by atoms with Crippen molar-refractivity contribution >= 4 is 0 Å².